The van der Waals surface area contributed by atoms with Gasteiger partial charge >= 0.3 is 0 Å². The van der Waals surface area contributed by atoms with E-state index in [-0.39, 0.29) is 5.91 Å². The number of amides is 2. The third kappa shape index (κ3) is 4.20. The topological polar surface area (TPSA) is 106 Å². The Morgan fingerprint density at radius 3 is 2.15 bits per heavy atom. The molecule has 0 spiro atoms. The molecule has 4 aromatic rings. The Morgan fingerprint density at radius 1 is 0.879 bits per heavy atom. The van der Waals surface area contributed by atoms with Gasteiger partial charge in [0.2, 0.25) is 17.7 Å². The van der Waals surface area contributed by atoms with Gasteiger partial charge in [-0.05, 0) is 67.4 Å². The first-order valence-electron chi connectivity index (χ1n) is 10.2. The maximum Gasteiger partial charge on any atom is 0.240 e. The molecule has 1 aliphatic rings. The van der Waals surface area contributed by atoms with Gasteiger partial charge in [-0.25, -0.2) is 14.4 Å². The number of pyridine rings is 1. The molecule has 5 rings (SSSR count). The van der Waals surface area contributed by atoms with Gasteiger partial charge in [-0.15, -0.1) is 0 Å². The second-order valence-corrected chi connectivity index (χ2v) is 7.70. The summed E-state index contributed by atoms with van der Waals surface area (Å²) in [6.45, 7) is 0. The van der Waals surface area contributed by atoms with E-state index in [0.717, 1.165) is 0 Å². The molecule has 2 heterocycles. The lowest BCUT2D eigenvalue weighted by Gasteiger charge is -2.16. The normalized spacial score (nSPS) is 13.8. The number of ether oxygens (including phenoxy) is 1. The second-order valence-electron chi connectivity index (χ2n) is 7.70. The Labute approximate surface area is 187 Å². The lowest BCUT2D eigenvalue weighted by Crippen LogP contribution is -2.35. The van der Waals surface area contributed by atoms with E-state index in [1.165, 1.54) is 30.6 Å². The maximum atomic E-state index is 13.1. The van der Waals surface area contributed by atoms with Crippen LogP contribution < -0.4 is 15.4 Å². The van der Waals surface area contributed by atoms with Gasteiger partial charge in [-0.1, -0.05) is 0 Å². The summed E-state index contributed by atoms with van der Waals surface area (Å²) >= 11 is 0. The van der Waals surface area contributed by atoms with E-state index < -0.39 is 17.1 Å². The summed E-state index contributed by atoms with van der Waals surface area (Å²) in [7, 11) is 0. The highest BCUT2D eigenvalue weighted by Crippen LogP contribution is 2.47. The van der Waals surface area contributed by atoms with Crippen LogP contribution >= 0.6 is 0 Å². The van der Waals surface area contributed by atoms with E-state index in [1.807, 2.05) is 0 Å². The number of fused-ring (bicyclic) bond motifs is 1. The van der Waals surface area contributed by atoms with Crippen LogP contribution in [0.15, 0.2) is 73.3 Å². The van der Waals surface area contributed by atoms with Crippen molar-refractivity contribution in [3.63, 3.8) is 0 Å². The minimum absolute atomic E-state index is 0.374. The van der Waals surface area contributed by atoms with Gasteiger partial charge in [0.05, 0.1) is 10.9 Å². The van der Waals surface area contributed by atoms with Gasteiger partial charge in [0.15, 0.2) is 0 Å². The summed E-state index contributed by atoms with van der Waals surface area (Å²) in [5.41, 5.74) is 0.556. The van der Waals surface area contributed by atoms with Gasteiger partial charge in [0.25, 0.3) is 0 Å². The highest BCUT2D eigenvalue weighted by Gasteiger charge is 2.56. The molecule has 0 atom stereocenters. The number of nitrogens with one attached hydrogen (secondary N) is 2. The molecule has 9 heteroatoms. The third-order valence-corrected chi connectivity index (χ3v) is 5.45. The van der Waals surface area contributed by atoms with Crippen molar-refractivity contribution < 1.29 is 18.7 Å². The Kier molecular flexibility index (Phi) is 5.14. The zero-order chi connectivity index (χ0) is 22.8. The van der Waals surface area contributed by atoms with E-state index >= 15 is 0 Å². The number of aromatic nitrogens is 3. The van der Waals surface area contributed by atoms with Crippen LogP contribution in [0.25, 0.3) is 10.9 Å². The van der Waals surface area contributed by atoms with Crippen LogP contribution in [0.2, 0.25) is 0 Å². The van der Waals surface area contributed by atoms with Gasteiger partial charge in [-0.2, -0.15) is 0 Å². The Morgan fingerprint density at radius 2 is 1.52 bits per heavy atom. The Bertz CT molecular complexity index is 1330. The Balaban J connectivity index is 1.25. The summed E-state index contributed by atoms with van der Waals surface area (Å²) < 4.78 is 18.9. The molecule has 2 aromatic carbocycles. The SMILES string of the molecule is O=C(Nc1ccc(F)cc1)C1(C(=O)Nc2ccc(Oc3ncnc4ccncc34)cc2)CC1. The predicted octanol–water partition coefficient (Wildman–Crippen LogP) is 4.31. The quantitative estimate of drug-likeness (QED) is 0.430. The molecular weight excluding hydrogens is 425 g/mol. The monoisotopic (exact) mass is 443 g/mol. The van der Waals surface area contributed by atoms with E-state index in [4.69, 9.17) is 4.74 Å². The second kappa shape index (κ2) is 8.27. The van der Waals surface area contributed by atoms with Crippen molar-refractivity contribution in [2.75, 3.05) is 10.6 Å². The summed E-state index contributed by atoms with van der Waals surface area (Å²) in [6.07, 6.45) is 5.58. The summed E-state index contributed by atoms with van der Waals surface area (Å²) in [4.78, 5) is 37.9. The molecule has 33 heavy (non-hydrogen) atoms. The average Bonchev–Trinajstić information content (AvgIpc) is 3.65. The molecule has 0 unspecified atom stereocenters. The first-order chi connectivity index (χ1) is 16.0. The maximum absolute atomic E-state index is 13.1. The molecular formula is C24H18FN5O3. The molecule has 8 nitrogen and oxygen atoms in total. The van der Waals surface area contributed by atoms with Crippen molar-refractivity contribution in [2.24, 2.45) is 5.41 Å². The van der Waals surface area contributed by atoms with Crippen molar-refractivity contribution in [1.82, 2.24) is 15.0 Å². The standard InChI is InChI=1S/C24H18FN5O3/c25-15-1-3-16(4-2-15)29-22(31)24(10-11-24)23(32)30-17-5-7-18(8-6-17)33-21-19-13-26-12-9-20(19)27-14-28-21/h1-9,12-14H,10-11H2,(H,29,31)(H,30,32). The van der Waals surface area contributed by atoms with Crippen molar-refractivity contribution in [3.05, 3.63) is 79.1 Å². The largest absolute Gasteiger partial charge is 0.438 e. The molecule has 164 valence electrons. The number of hydrogen-bond acceptors (Lipinski definition) is 6. The average molecular weight is 443 g/mol. The number of hydrogen-bond donors (Lipinski definition) is 2. The fourth-order valence-corrected chi connectivity index (χ4v) is 3.39. The number of rotatable bonds is 6. The lowest BCUT2D eigenvalue weighted by atomic mass is 10.0. The number of carbonyl (C=O) groups is 2. The molecule has 1 fully saturated rings. The van der Waals surface area contributed by atoms with Crippen LogP contribution in [0.4, 0.5) is 15.8 Å². The fourth-order valence-electron chi connectivity index (χ4n) is 3.39. The van der Waals surface area contributed by atoms with Crippen molar-refractivity contribution >= 4 is 34.1 Å². The van der Waals surface area contributed by atoms with Crippen LogP contribution in [0.5, 0.6) is 11.6 Å². The highest BCUT2D eigenvalue weighted by molar-refractivity contribution is 6.16. The Hall–Kier alpha value is -4.40. The van der Waals surface area contributed by atoms with Gasteiger partial charge in [-0.3, -0.25) is 14.6 Å². The fraction of sp³-hybridized carbons (Fsp3) is 0.125. The molecule has 0 radical (unpaired) electrons. The third-order valence-electron chi connectivity index (χ3n) is 5.45. The van der Waals surface area contributed by atoms with E-state index in [9.17, 15) is 14.0 Å². The minimum atomic E-state index is -1.13. The van der Waals surface area contributed by atoms with Gasteiger partial charge < -0.3 is 15.4 Å². The van der Waals surface area contributed by atoms with Crippen LogP contribution in [-0.2, 0) is 9.59 Å². The first-order valence-corrected chi connectivity index (χ1v) is 10.2. The van der Waals surface area contributed by atoms with Crippen molar-refractivity contribution in [1.29, 1.82) is 0 Å². The van der Waals surface area contributed by atoms with Crippen LogP contribution in [0.1, 0.15) is 12.8 Å². The number of benzene rings is 2. The lowest BCUT2D eigenvalue weighted by molar-refractivity contribution is -0.131. The summed E-state index contributed by atoms with van der Waals surface area (Å²) in [5.74, 6) is -0.297. The van der Waals surface area contributed by atoms with Crippen LogP contribution in [0, 0.1) is 11.2 Å². The zero-order valence-corrected chi connectivity index (χ0v) is 17.3. The first kappa shape index (κ1) is 20.5. The number of carbonyl (C=O) groups excluding carboxylic acids is 2. The van der Waals surface area contributed by atoms with Crippen LogP contribution in [0.3, 0.4) is 0 Å². The van der Waals surface area contributed by atoms with Crippen LogP contribution in [-0.4, -0.2) is 26.8 Å². The van der Waals surface area contributed by atoms with E-state index in [0.29, 0.717) is 46.7 Å². The van der Waals surface area contributed by atoms with Crippen molar-refractivity contribution in [2.45, 2.75) is 12.8 Å². The van der Waals surface area contributed by atoms with Gasteiger partial charge in [0.1, 0.15) is 23.3 Å². The molecule has 2 amide bonds. The smallest absolute Gasteiger partial charge is 0.240 e. The molecule has 0 bridgehead atoms. The number of anilines is 2. The van der Waals surface area contributed by atoms with Crippen molar-refractivity contribution in [3.8, 4) is 11.6 Å². The molecule has 1 aliphatic carbocycles. The molecule has 0 aliphatic heterocycles. The summed E-state index contributed by atoms with van der Waals surface area (Å²) in [5, 5.41) is 6.16. The van der Waals surface area contributed by atoms with Gasteiger partial charge in [0, 0.05) is 23.8 Å². The minimum Gasteiger partial charge on any atom is -0.438 e. The number of nitrogens with zero attached hydrogens (tertiary/aromatic N) is 3. The molecule has 2 N–H and O–H groups in total. The van der Waals surface area contributed by atoms with E-state index in [1.54, 1.807) is 42.7 Å². The van der Waals surface area contributed by atoms with E-state index in [2.05, 4.69) is 25.6 Å². The molecule has 2 aromatic heterocycles. The molecule has 1 saturated carbocycles. The highest BCUT2D eigenvalue weighted by atomic mass is 19.1. The molecule has 0 saturated heterocycles. The summed E-state index contributed by atoms with van der Waals surface area (Å²) in [6, 6.07) is 13.9. The number of halogens is 1. The predicted molar refractivity (Wildman–Crippen MR) is 119 cm³/mol. The zero-order valence-electron chi connectivity index (χ0n) is 17.3.